The Morgan fingerprint density at radius 2 is 1.76 bits per heavy atom. The quantitative estimate of drug-likeness (QED) is 0.817. The summed E-state index contributed by atoms with van der Waals surface area (Å²) in [4.78, 5) is 15.9. The Balaban J connectivity index is 3.02. The maximum absolute atomic E-state index is 11.4. The van der Waals surface area contributed by atoms with E-state index >= 15 is 0 Å². The largest absolute Gasteiger partial charge is 0.478 e. The van der Waals surface area contributed by atoms with Crippen molar-refractivity contribution in [1.82, 2.24) is 4.98 Å². The Bertz CT molecular complexity index is 630. The van der Waals surface area contributed by atoms with Crippen molar-refractivity contribution in [3.63, 3.8) is 0 Å². The fraction of sp³-hybridized carbons (Fsp3) is 0.286. The molecule has 0 bridgehead atoms. The zero-order valence-electron chi connectivity index (χ0n) is 10.5. The fourth-order valence-corrected chi connectivity index (χ4v) is 2.06. The van der Waals surface area contributed by atoms with Gasteiger partial charge in [0.1, 0.15) is 0 Å². The molecule has 0 aliphatic rings. The van der Waals surface area contributed by atoms with Crippen molar-refractivity contribution < 1.29 is 9.90 Å². The highest BCUT2D eigenvalue weighted by molar-refractivity contribution is 6.05. The maximum Gasteiger partial charge on any atom is 0.336 e. The summed E-state index contributed by atoms with van der Waals surface area (Å²) in [5.41, 5.74) is 4.87. The van der Waals surface area contributed by atoms with Gasteiger partial charge < -0.3 is 5.11 Å². The van der Waals surface area contributed by atoms with Crippen LogP contribution in [0.3, 0.4) is 0 Å². The molecule has 0 atom stereocenters. The van der Waals surface area contributed by atoms with Crippen molar-refractivity contribution in [3.05, 3.63) is 40.1 Å². The van der Waals surface area contributed by atoms with Gasteiger partial charge >= 0.3 is 5.97 Å². The van der Waals surface area contributed by atoms with Gasteiger partial charge in [-0.1, -0.05) is 12.1 Å². The molecule has 3 heteroatoms. The summed E-state index contributed by atoms with van der Waals surface area (Å²) in [6.45, 7) is 7.64. The number of carboxylic acid groups (broad SMARTS) is 1. The number of hydrogen-bond acceptors (Lipinski definition) is 2. The van der Waals surface area contributed by atoms with Gasteiger partial charge in [0.15, 0.2) is 0 Å². The van der Waals surface area contributed by atoms with E-state index in [1.807, 2.05) is 32.9 Å². The highest BCUT2D eigenvalue weighted by Gasteiger charge is 2.16. The van der Waals surface area contributed by atoms with Crippen LogP contribution >= 0.6 is 0 Å². The van der Waals surface area contributed by atoms with E-state index in [1.54, 1.807) is 6.92 Å². The van der Waals surface area contributed by atoms with Gasteiger partial charge in [-0.3, -0.25) is 4.98 Å². The van der Waals surface area contributed by atoms with Gasteiger partial charge in [-0.25, -0.2) is 4.79 Å². The number of rotatable bonds is 1. The molecule has 1 aromatic carbocycles. The van der Waals surface area contributed by atoms with Crippen LogP contribution < -0.4 is 0 Å². The van der Waals surface area contributed by atoms with Crippen LogP contribution in [-0.2, 0) is 0 Å². The van der Waals surface area contributed by atoms with Gasteiger partial charge in [0.25, 0.3) is 0 Å². The monoisotopic (exact) mass is 229 g/mol. The van der Waals surface area contributed by atoms with Crippen LogP contribution in [-0.4, -0.2) is 16.1 Å². The van der Waals surface area contributed by atoms with E-state index in [2.05, 4.69) is 4.98 Å². The Morgan fingerprint density at radius 3 is 2.35 bits per heavy atom. The molecule has 2 rings (SSSR count). The fourth-order valence-electron chi connectivity index (χ4n) is 2.06. The lowest BCUT2D eigenvalue weighted by Gasteiger charge is -2.12. The number of aromatic nitrogens is 1. The first-order chi connectivity index (χ1) is 7.93. The molecule has 88 valence electrons. The van der Waals surface area contributed by atoms with Crippen molar-refractivity contribution in [2.75, 3.05) is 0 Å². The predicted octanol–water partition coefficient (Wildman–Crippen LogP) is 3.17. The van der Waals surface area contributed by atoms with Gasteiger partial charge in [-0.2, -0.15) is 0 Å². The Labute approximate surface area is 100 Å². The molecular weight excluding hydrogens is 214 g/mol. The SMILES string of the molecule is Cc1ccc2c(C(=O)O)c(C)c(C)nc2c1C. The van der Waals surface area contributed by atoms with Crippen molar-refractivity contribution in [2.45, 2.75) is 27.7 Å². The van der Waals surface area contributed by atoms with E-state index in [0.29, 0.717) is 5.56 Å². The molecule has 1 aromatic heterocycles. The van der Waals surface area contributed by atoms with Gasteiger partial charge in [0, 0.05) is 11.1 Å². The van der Waals surface area contributed by atoms with Crippen molar-refractivity contribution >= 4 is 16.9 Å². The topological polar surface area (TPSA) is 50.2 Å². The number of pyridine rings is 1. The highest BCUT2D eigenvalue weighted by atomic mass is 16.4. The summed E-state index contributed by atoms with van der Waals surface area (Å²) in [6, 6.07) is 3.79. The molecule has 1 heterocycles. The van der Waals surface area contributed by atoms with Crippen molar-refractivity contribution in [2.24, 2.45) is 0 Å². The number of fused-ring (bicyclic) bond motifs is 1. The number of carboxylic acids is 1. The molecule has 17 heavy (non-hydrogen) atoms. The molecule has 2 aromatic rings. The molecule has 0 aliphatic heterocycles. The van der Waals surface area contributed by atoms with E-state index in [4.69, 9.17) is 0 Å². The normalized spacial score (nSPS) is 10.8. The Kier molecular flexibility index (Phi) is 2.62. The predicted molar refractivity (Wildman–Crippen MR) is 67.7 cm³/mol. The van der Waals surface area contributed by atoms with Crippen LogP contribution in [0.1, 0.15) is 32.7 Å². The zero-order valence-corrected chi connectivity index (χ0v) is 10.5. The van der Waals surface area contributed by atoms with Crippen molar-refractivity contribution in [1.29, 1.82) is 0 Å². The smallest absolute Gasteiger partial charge is 0.336 e. The summed E-state index contributed by atoms with van der Waals surface area (Å²) in [5, 5.41) is 10.0. The lowest BCUT2D eigenvalue weighted by Crippen LogP contribution is -2.05. The summed E-state index contributed by atoms with van der Waals surface area (Å²) in [5.74, 6) is -0.888. The minimum atomic E-state index is -0.888. The van der Waals surface area contributed by atoms with E-state index in [-0.39, 0.29) is 0 Å². The molecule has 0 unspecified atom stereocenters. The van der Waals surface area contributed by atoms with Crippen LogP contribution in [0.15, 0.2) is 12.1 Å². The van der Waals surface area contributed by atoms with E-state index < -0.39 is 5.97 Å². The van der Waals surface area contributed by atoms with Crippen molar-refractivity contribution in [3.8, 4) is 0 Å². The first-order valence-electron chi connectivity index (χ1n) is 5.54. The molecule has 0 aliphatic carbocycles. The van der Waals surface area contributed by atoms with Crippen LogP contribution in [0.2, 0.25) is 0 Å². The zero-order chi connectivity index (χ0) is 12.7. The molecule has 1 N–H and O–H groups in total. The maximum atomic E-state index is 11.4. The van der Waals surface area contributed by atoms with E-state index in [9.17, 15) is 9.90 Å². The summed E-state index contributed by atoms with van der Waals surface area (Å²) < 4.78 is 0. The van der Waals surface area contributed by atoms with Gasteiger partial charge in [-0.05, 0) is 44.4 Å². The molecule has 0 saturated carbocycles. The van der Waals surface area contributed by atoms with Crippen LogP contribution in [0.25, 0.3) is 10.9 Å². The molecule has 0 saturated heterocycles. The second-order valence-corrected chi connectivity index (χ2v) is 4.41. The molecule has 0 fully saturated rings. The third kappa shape index (κ3) is 1.68. The first-order valence-corrected chi connectivity index (χ1v) is 5.54. The van der Waals surface area contributed by atoms with Gasteiger partial charge in [-0.15, -0.1) is 0 Å². The standard InChI is InChI=1S/C14H15NO2/c1-7-5-6-11-12(14(16)17)9(3)10(4)15-13(11)8(7)2/h5-6H,1-4H3,(H,16,17). The Hall–Kier alpha value is -1.90. The number of benzene rings is 1. The second kappa shape index (κ2) is 3.84. The number of aromatic carboxylic acids is 1. The number of carbonyl (C=O) groups is 1. The van der Waals surface area contributed by atoms with Crippen LogP contribution in [0.5, 0.6) is 0 Å². The summed E-state index contributed by atoms with van der Waals surface area (Å²) in [6.07, 6.45) is 0. The van der Waals surface area contributed by atoms with E-state index in [0.717, 1.165) is 33.3 Å². The number of nitrogens with zero attached hydrogens (tertiary/aromatic N) is 1. The lowest BCUT2D eigenvalue weighted by molar-refractivity contribution is 0.0698. The molecule has 0 radical (unpaired) electrons. The minimum absolute atomic E-state index is 0.371. The number of hydrogen-bond donors (Lipinski definition) is 1. The van der Waals surface area contributed by atoms with Gasteiger partial charge in [0.2, 0.25) is 0 Å². The average Bonchev–Trinajstić information content (AvgIpc) is 2.26. The van der Waals surface area contributed by atoms with E-state index in [1.165, 1.54) is 0 Å². The third-order valence-electron chi connectivity index (χ3n) is 3.38. The van der Waals surface area contributed by atoms with Gasteiger partial charge in [0.05, 0.1) is 11.1 Å². The van der Waals surface area contributed by atoms with Crippen LogP contribution in [0, 0.1) is 27.7 Å². The molecule has 0 amide bonds. The lowest BCUT2D eigenvalue weighted by atomic mass is 9.97. The minimum Gasteiger partial charge on any atom is -0.478 e. The third-order valence-corrected chi connectivity index (χ3v) is 3.38. The second-order valence-electron chi connectivity index (χ2n) is 4.41. The molecular formula is C14H15NO2. The van der Waals surface area contributed by atoms with Crippen LogP contribution in [0.4, 0.5) is 0 Å². The molecule has 0 spiro atoms. The summed E-state index contributed by atoms with van der Waals surface area (Å²) >= 11 is 0. The number of aryl methyl sites for hydroxylation is 3. The summed E-state index contributed by atoms with van der Waals surface area (Å²) in [7, 11) is 0. The Morgan fingerprint density at radius 1 is 1.12 bits per heavy atom. The highest BCUT2D eigenvalue weighted by Crippen LogP contribution is 2.26. The first kappa shape index (κ1) is 11.6. The average molecular weight is 229 g/mol. The molecule has 3 nitrogen and oxygen atoms in total.